The van der Waals surface area contributed by atoms with Crippen molar-refractivity contribution in [3.63, 3.8) is 0 Å². The lowest BCUT2D eigenvalue weighted by atomic mass is 10.1. The quantitative estimate of drug-likeness (QED) is 0.116. The molecule has 12 rings (SSSR count). The number of carboxylic acids is 1. The summed E-state index contributed by atoms with van der Waals surface area (Å²) in [5.41, 5.74) is 3.43. The molecule has 0 aromatic carbocycles. The van der Waals surface area contributed by atoms with Crippen molar-refractivity contribution >= 4 is 69.3 Å². The van der Waals surface area contributed by atoms with E-state index in [0.29, 0.717) is 58.2 Å². The number of rotatable bonds is 10. The number of anilines is 4. The van der Waals surface area contributed by atoms with Crippen molar-refractivity contribution in [1.29, 1.82) is 0 Å². The first kappa shape index (κ1) is 51.4. The number of amides is 3. The minimum Gasteiger partial charge on any atom is -0.478 e. The van der Waals surface area contributed by atoms with Crippen LogP contribution < -0.4 is 16.0 Å². The van der Waals surface area contributed by atoms with E-state index in [-0.39, 0.29) is 35.4 Å². The Labute approximate surface area is 437 Å². The van der Waals surface area contributed by atoms with Gasteiger partial charge in [-0.3, -0.25) is 24.2 Å². The van der Waals surface area contributed by atoms with Crippen molar-refractivity contribution in [3.8, 4) is 0 Å². The zero-order valence-electron chi connectivity index (χ0n) is 43.9. The maximum absolute atomic E-state index is 13.1. The molecule has 6 aromatic rings. The minimum atomic E-state index is -1.03. The molecule has 4 aliphatic heterocycles. The Balaban J connectivity index is 0.000000149. The molecule has 21 nitrogen and oxygen atoms in total. The molecule has 396 valence electrons. The number of nitrogens with one attached hydrogen (secondary N) is 3. The standard InChI is InChI=1S/C27H34N8O2.C20H22N6O3.C7H14N2/c1-32(2)26(37)22-12-18-14-29-27(31-24(18)35(22)19-6-4-5-7-19)30-23-11-8-17(13-28-23)25(36)34-15-20-9-10-21(16-34)33(20)3;1-25(2)18(27)15-9-13-11-22-20(23-16-8-7-12(10-21-16)19(28)29)24-17(13)26(15)14-5-3-4-6-14;1-9-6-2-3-7(9)5-8-4-6/h8,11-14,19-21H,4-7,9-10,15-16H2,1-3H3,(H,28,29,30,31);7-11,14H,3-6H2,1-2H3,(H,28,29)(H,21,22,23,24);6-8H,2-5H2,1H3. The van der Waals surface area contributed by atoms with Gasteiger partial charge in [0, 0.05) is 126 Å². The highest BCUT2D eigenvalue weighted by atomic mass is 16.4. The summed E-state index contributed by atoms with van der Waals surface area (Å²) in [5, 5.41) is 20.3. The van der Waals surface area contributed by atoms with Crippen LogP contribution >= 0.6 is 0 Å². The molecular weight excluding hydrogens is 953 g/mol. The van der Waals surface area contributed by atoms with Crippen LogP contribution in [0.4, 0.5) is 23.5 Å². The van der Waals surface area contributed by atoms with Crippen LogP contribution in [0.5, 0.6) is 0 Å². The molecule has 6 aliphatic rings. The van der Waals surface area contributed by atoms with Crippen LogP contribution in [0.2, 0.25) is 0 Å². The number of aromatic nitrogens is 8. The largest absolute Gasteiger partial charge is 0.478 e. The van der Waals surface area contributed by atoms with Gasteiger partial charge in [0.05, 0.1) is 11.1 Å². The van der Waals surface area contributed by atoms with E-state index in [1.165, 1.54) is 38.2 Å². The zero-order valence-corrected chi connectivity index (χ0v) is 43.9. The molecule has 0 spiro atoms. The minimum absolute atomic E-state index is 0.0327. The Hall–Kier alpha value is -7.10. The summed E-state index contributed by atoms with van der Waals surface area (Å²) in [6.07, 6.45) is 20.2. The molecule has 6 aromatic heterocycles. The van der Waals surface area contributed by atoms with E-state index in [9.17, 15) is 19.2 Å². The molecule has 21 heteroatoms. The highest BCUT2D eigenvalue weighted by Gasteiger charge is 2.39. The fraction of sp³-hybridized carbons (Fsp3) is 0.519. The molecule has 0 radical (unpaired) electrons. The molecular formula is C54H70N16O5. The molecule has 3 amide bonds. The van der Waals surface area contributed by atoms with Gasteiger partial charge >= 0.3 is 5.97 Å². The predicted molar refractivity (Wildman–Crippen MR) is 286 cm³/mol. The average molecular weight is 1020 g/mol. The first-order valence-electron chi connectivity index (χ1n) is 26.5. The van der Waals surface area contributed by atoms with Gasteiger partial charge < -0.3 is 44.9 Å². The zero-order chi connectivity index (χ0) is 52.5. The fourth-order valence-electron chi connectivity index (χ4n) is 11.9. The molecule has 4 N–H and O–H groups in total. The lowest BCUT2D eigenvalue weighted by molar-refractivity contribution is 0.0523. The van der Waals surface area contributed by atoms with Gasteiger partial charge in [-0.15, -0.1) is 0 Å². The van der Waals surface area contributed by atoms with Gasteiger partial charge in [0.15, 0.2) is 0 Å². The maximum Gasteiger partial charge on any atom is 0.337 e. The normalized spacial score (nSPS) is 21.7. The molecule has 4 atom stereocenters. The SMILES string of the molecule is CN(C)C(=O)c1cc2cnc(Nc3ccc(C(=O)N4CC5CCC(C4)N5C)cn3)nc2n1C1CCCC1.CN(C)C(=O)c1cc2cnc(Nc3ccc(C(=O)O)cn3)nc2n1C1CCCC1.CN1C2CCC1CNC2. The van der Waals surface area contributed by atoms with Gasteiger partial charge in [-0.25, -0.2) is 24.7 Å². The monoisotopic (exact) mass is 1020 g/mol. The van der Waals surface area contributed by atoms with E-state index >= 15 is 0 Å². The van der Waals surface area contributed by atoms with Crippen molar-refractivity contribution in [2.24, 2.45) is 0 Å². The number of carbonyl (C=O) groups is 4. The van der Waals surface area contributed by atoms with E-state index in [0.717, 1.165) is 106 Å². The van der Waals surface area contributed by atoms with Crippen molar-refractivity contribution in [2.75, 3.05) is 79.1 Å². The first-order chi connectivity index (χ1) is 36.2. The average Bonchev–Trinajstić information content (AvgIpc) is 4.30. The van der Waals surface area contributed by atoms with Crippen molar-refractivity contribution in [3.05, 3.63) is 83.7 Å². The number of carbonyl (C=O) groups excluding carboxylic acids is 3. The highest BCUT2D eigenvalue weighted by Crippen LogP contribution is 2.37. The Morgan fingerprint density at radius 1 is 0.560 bits per heavy atom. The smallest absolute Gasteiger partial charge is 0.337 e. The summed E-state index contributed by atoms with van der Waals surface area (Å²) < 4.78 is 4.13. The number of hydrogen-bond donors (Lipinski definition) is 4. The van der Waals surface area contributed by atoms with Gasteiger partial charge in [0.25, 0.3) is 17.7 Å². The van der Waals surface area contributed by atoms with E-state index in [2.05, 4.69) is 69.3 Å². The van der Waals surface area contributed by atoms with Gasteiger partial charge in [-0.1, -0.05) is 25.7 Å². The summed E-state index contributed by atoms with van der Waals surface area (Å²) in [5.74, 6) is 0.675. The Morgan fingerprint density at radius 3 is 1.39 bits per heavy atom. The van der Waals surface area contributed by atoms with Crippen LogP contribution in [-0.2, 0) is 0 Å². The Kier molecular flexibility index (Phi) is 15.1. The van der Waals surface area contributed by atoms with Crippen molar-refractivity contribution < 1.29 is 24.3 Å². The van der Waals surface area contributed by atoms with Crippen LogP contribution in [0.3, 0.4) is 0 Å². The summed E-state index contributed by atoms with van der Waals surface area (Å²) in [7, 11) is 11.4. The lowest BCUT2D eigenvalue weighted by Crippen LogP contribution is -2.53. The van der Waals surface area contributed by atoms with E-state index in [1.54, 1.807) is 68.7 Å². The molecule has 4 unspecified atom stereocenters. The second-order valence-electron chi connectivity index (χ2n) is 21.4. The molecule has 2 aliphatic carbocycles. The third-order valence-corrected chi connectivity index (χ3v) is 16.2. The number of aromatic carboxylic acids is 1. The second-order valence-corrected chi connectivity index (χ2v) is 21.4. The fourth-order valence-corrected chi connectivity index (χ4v) is 11.9. The van der Waals surface area contributed by atoms with Gasteiger partial charge in [0.1, 0.15) is 34.3 Å². The Morgan fingerprint density at radius 2 is 0.987 bits per heavy atom. The lowest BCUT2D eigenvalue weighted by Gasteiger charge is -2.38. The molecule has 2 saturated carbocycles. The van der Waals surface area contributed by atoms with Crippen molar-refractivity contribution in [1.82, 2.24) is 68.9 Å². The number of likely N-dealkylation sites (N-methyl/N-ethyl adjacent to an activating group) is 2. The second kappa shape index (κ2) is 22.0. The molecule has 75 heavy (non-hydrogen) atoms. The number of carboxylic acid groups (broad SMARTS) is 1. The van der Waals surface area contributed by atoms with E-state index in [4.69, 9.17) is 10.1 Å². The number of piperazine rings is 2. The summed E-state index contributed by atoms with van der Waals surface area (Å²) in [4.78, 5) is 86.6. The number of pyridine rings is 2. The maximum atomic E-state index is 13.1. The Bertz CT molecular complexity index is 3000. The molecule has 4 bridgehead atoms. The third-order valence-electron chi connectivity index (χ3n) is 16.2. The van der Waals surface area contributed by atoms with Gasteiger partial charge in [-0.2, -0.15) is 9.97 Å². The number of likely N-dealkylation sites (tertiary alicyclic amines) is 1. The number of fused-ring (bicyclic) bond motifs is 6. The molecule has 4 saturated heterocycles. The van der Waals surface area contributed by atoms with Gasteiger partial charge in [0.2, 0.25) is 11.9 Å². The van der Waals surface area contributed by atoms with Crippen LogP contribution in [-0.4, -0.2) is 185 Å². The summed E-state index contributed by atoms with van der Waals surface area (Å²) >= 11 is 0. The van der Waals surface area contributed by atoms with Crippen LogP contribution in [0.25, 0.3) is 22.1 Å². The van der Waals surface area contributed by atoms with E-state index in [1.807, 2.05) is 27.7 Å². The van der Waals surface area contributed by atoms with Crippen molar-refractivity contribution in [2.45, 2.75) is 113 Å². The number of nitrogens with zero attached hydrogens (tertiary/aromatic N) is 13. The molecule has 6 fully saturated rings. The summed E-state index contributed by atoms with van der Waals surface area (Å²) in [6, 6.07) is 13.5. The predicted octanol–water partition coefficient (Wildman–Crippen LogP) is 6.44. The van der Waals surface area contributed by atoms with Crippen LogP contribution in [0, 0.1) is 0 Å². The van der Waals surface area contributed by atoms with Crippen LogP contribution in [0.15, 0.2) is 61.2 Å². The summed E-state index contributed by atoms with van der Waals surface area (Å²) in [6.45, 7) is 3.98. The first-order valence-corrected chi connectivity index (χ1v) is 26.5. The van der Waals surface area contributed by atoms with Gasteiger partial charge in [-0.05, 0) is 102 Å². The van der Waals surface area contributed by atoms with E-state index < -0.39 is 5.97 Å². The number of hydrogen-bond acceptors (Lipinski definition) is 15. The highest BCUT2D eigenvalue weighted by molar-refractivity contribution is 5.99. The topological polar surface area (TPSA) is 228 Å². The van der Waals surface area contributed by atoms with Crippen LogP contribution in [0.1, 0.15) is 131 Å². The third kappa shape index (κ3) is 10.9. The molecule has 10 heterocycles.